The Labute approximate surface area is 176 Å². The highest BCUT2D eigenvalue weighted by atomic mass is 35.5. The minimum absolute atomic E-state index is 0.0817. The highest BCUT2D eigenvalue weighted by Crippen LogP contribution is 2.47. The predicted octanol–water partition coefficient (Wildman–Crippen LogP) is 5.85. The van der Waals surface area contributed by atoms with Gasteiger partial charge in [-0.25, -0.2) is 0 Å². The fourth-order valence-electron chi connectivity index (χ4n) is 3.61. The highest BCUT2D eigenvalue weighted by molar-refractivity contribution is 6.74. The van der Waals surface area contributed by atoms with Gasteiger partial charge in [0, 0.05) is 17.4 Å². The van der Waals surface area contributed by atoms with Crippen LogP contribution in [0.4, 0.5) is 0 Å². The molecule has 0 aromatic heterocycles. The van der Waals surface area contributed by atoms with Crippen molar-refractivity contribution in [1.82, 2.24) is 0 Å². The zero-order valence-corrected chi connectivity index (χ0v) is 20.2. The molecule has 0 bridgehead atoms. The maximum atomic E-state index is 11.5. The van der Waals surface area contributed by atoms with Crippen LogP contribution in [0.1, 0.15) is 52.0 Å². The first-order chi connectivity index (χ1) is 12.9. The van der Waals surface area contributed by atoms with Crippen molar-refractivity contribution in [3.63, 3.8) is 0 Å². The van der Waals surface area contributed by atoms with Crippen LogP contribution in [0.25, 0.3) is 0 Å². The van der Waals surface area contributed by atoms with Gasteiger partial charge in [-0.3, -0.25) is 0 Å². The van der Waals surface area contributed by atoms with Gasteiger partial charge in [-0.1, -0.05) is 45.4 Å². The van der Waals surface area contributed by atoms with Crippen LogP contribution in [0.15, 0.2) is 29.3 Å². The molecule has 0 heterocycles. The van der Waals surface area contributed by atoms with E-state index in [1.807, 2.05) is 18.2 Å². The van der Waals surface area contributed by atoms with Gasteiger partial charge in [0.1, 0.15) is 0 Å². The average Bonchev–Trinajstić information content (AvgIpc) is 2.87. The first-order valence-electron chi connectivity index (χ1n) is 9.89. The van der Waals surface area contributed by atoms with E-state index in [9.17, 15) is 5.11 Å². The van der Waals surface area contributed by atoms with Crippen molar-refractivity contribution in [2.24, 2.45) is 0 Å². The Bertz CT molecular complexity index is 726. The van der Waals surface area contributed by atoms with Crippen LogP contribution in [-0.4, -0.2) is 39.3 Å². The summed E-state index contributed by atoms with van der Waals surface area (Å²) >= 11 is 6.57. The molecule has 0 amide bonds. The molecule has 1 aliphatic carbocycles. The molecule has 1 N–H and O–H groups in total. The molecule has 6 heteroatoms. The van der Waals surface area contributed by atoms with Crippen molar-refractivity contribution in [2.75, 3.05) is 14.2 Å². The van der Waals surface area contributed by atoms with Crippen LogP contribution in [0, 0.1) is 0 Å². The summed E-state index contributed by atoms with van der Waals surface area (Å²) in [7, 11) is 1.23. The maximum absolute atomic E-state index is 11.5. The SMILES string of the molecule is CCC(c1ccc(OC)c(OC)c1)C1(O)C=C(Cl)C(O[Si](C)(C)C(C)(C)C)C1. The van der Waals surface area contributed by atoms with Crippen molar-refractivity contribution in [3.05, 3.63) is 34.9 Å². The Morgan fingerprint density at radius 3 is 2.32 bits per heavy atom. The van der Waals surface area contributed by atoms with Crippen LogP contribution in [0.2, 0.25) is 18.1 Å². The fraction of sp³-hybridized carbons (Fsp3) is 0.636. The van der Waals surface area contributed by atoms with Gasteiger partial charge in [-0.15, -0.1) is 0 Å². The summed E-state index contributed by atoms with van der Waals surface area (Å²) in [6, 6.07) is 5.80. The topological polar surface area (TPSA) is 47.9 Å². The molecule has 0 saturated heterocycles. The number of hydrogen-bond acceptors (Lipinski definition) is 4. The summed E-state index contributed by atoms with van der Waals surface area (Å²) < 4.78 is 17.3. The van der Waals surface area contributed by atoms with E-state index in [1.165, 1.54) is 0 Å². The number of aliphatic hydroxyl groups is 1. The lowest BCUT2D eigenvalue weighted by Crippen LogP contribution is -2.45. The van der Waals surface area contributed by atoms with Gasteiger partial charge >= 0.3 is 0 Å². The summed E-state index contributed by atoms with van der Waals surface area (Å²) in [6.07, 6.45) is 2.75. The smallest absolute Gasteiger partial charge is 0.192 e. The molecule has 0 saturated carbocycles. The van der Waals surface area contributed by atoms with Crippen LogP contribution in [0.3, 0.4) is 0 Å². The van der Waals surface area contributed by atoms with E-state index in [0.717, 1.165) is 12.0 Å². The van der Waals surface area contributed by atoms with Crippen LogP contribution in [-0.2, 0) is 4.43 Å². The van der Waals surface area contributed by atoms with Crippen molar-refractivity contribution in [3.8, 4) is 11.5 Å². The second-order valence-corrected chi connectivity index (χ2v) is 14.4. The lowest BCUT2D eigenvalue weighted by molar-refractivity contribution is 0.0340. The molecule has 0 aliphatic heterocycles. The Morgan fingerprint density at radius 1 is 1.21 bits per heavy atom. The van der Waals surface area contributed by atoms with Gasteiger partial charge in [0.25, 0.3) is 0 Å². The predicted molar refractivity (Wildman–Crippen MR) is 118 cm³/mol. The van der Waals surface area contributed by atoms with E-state index in [4.69, 9.17) is 25.5 Å². The van der Waals surface area contributed by atoms with E-state index in [0.29, 0.717) is 23.0 Å². The van der Waals surface area contributed by atoms with Crippen molar-refractivity contribution >= 4 is 19.9 Å². The third-order valence-electron chi connectivity index (χ3n) is 6.27. The summed E-state index contributed by atoms with van der Waals surface area (Å²) in [5, 5.41) is 12.2. The van der Waals surface area contributed by atoms with Gasteiger partial charge in [0.05, 0.1) is 25.9 Å². The quantitative estimate of drug-likeness (QED) is 0.556. The molecule has 3 atom stereocenters. The lowest BCUT2D eigenvalue weighted by atomic mass is 9.79. The Kier molecular flexibility index (Phi) is 6.97. The lowest BCUT2D eigenvalue weighted by Gasteiger charge is -2.39. The molecular weight excluding hydrogens is 392 g/mol. The van der Waals surface area contributed by atoms with E-state index in [-0.39, 0.29) is 17.1 Å². The minimum atomic E-state index is -2.00. The molecule has 1 aromatic carbocycles. The number of ether oxygens (including phenoxy) is 2. The van der Waals surface area contributed by atoms with Gasteiger partial charge in [0.2, 0.25) is 0 Å². The van der Waals surface area contributed by atoms with E-state index < -0.39 is 13.9 Å². The Morgan fingerprint density at radius 2 is 1.82 bits per heavy atom. The number of hydrogen-bond donors (Lipinski definition) is 1. The molecule has 1 aliphatic rings. The molecule has 158 valence electrons. The molecule has 0 fully saturated rings. The molecule has 3 unspecified atom stereocenters. The van der Waals surface area contributed by atoms with Crippen molar-refractivity contribution < 1.29 is 19.0 Å². The summed E-state index contributed by atoms with van der Waals surface area (Å²) in [5.41, 5.74) is -0.0605. The molecular formula is C22H35ClO4Si. The molecule has 0 spiro atoms. The van der Waals surface area contributed by atoms with Crippen molar-refractivity contribution in [1.29, 1.82) is 0 Å². The number of rotatable bonds is 7. The van der Waals surface area contributed by atoms with E-state index in [2.05, 4.69) is 40.8 Å². The normalized spacial score (nSPS) is 24.1. The van der Waals surface area contributed by atoms with Gasteiger partial charge in [-0.05, 0) is 48.3 Å². The van der Waals surface area contributed by atoms with Crippen LogP contribution < -0.4 is 9.47 Å². The first kappa shape index (κ1) is 23.3. The standard InChI is InChI=1S/C22H35ClO4Si/c1-9-16(15-10-11-18(25-5)19(12-15)26-6)22(24)13-17(23)20(14-22)27-28(7,8)21(2,3)4/h10-13,16,20,24H,9,14H2,1-8H3. The average molecular weight is 427 g/mol. The second kappa shape index (κ2) is 8.39. The number of halogens is 1. The zero-order valence-electron chi connectivity index (χ0n) is 18.4. The van der Waals surface area contributed by atoms with Gasteiger partial charge < -0.3 is 19.0 Å². The summed E-state index contributed by atoms with van der Waals surface area (Å²) in [6.45, 7) is 13.1. The number of methoxy groups -OCH3 is 2. The third kappa shape index (κ3) is 4.59. The molecule has 1 aromatic rings. The zero-order chi connectivity index (χ0) is 21.3. The van der Waals surface area contributed by atoms with Crippen LogP contribution >= 0.6 is 11.6 Å². The molecule has 0 radical (unpaired) electrons. The van der Waals surface area contributed by atoms with Gasteiger partial charge in [0.15, 0.2) is 19.8 Å². The second-order valence-electron chi connectivity index (χ2n) is 9.17. The Balaban J connectivity index is 2.31. The van der Waals surface area contributed by atoms with Crippen LogP contribution in [0.5, 0.6) is 11.5 Å². The highest BCUT2D eigenvalue weighted by Gasteiger charge is 2.47. The molecule has 28 heavy (non-hydrogen) atoms. The Hall–Kier alpha value is -1.01. The van der Waals surface area contributed by atoms with Crippen molar-refractivity contribution in [2.45, 2.75) is 76.3 Å². The summed E-state index contributed by atoms with van der Waals surface area (Å²) in [4.78, 5) is 0. The van der Waals surface area contributed by atoms with E-state index >= 15 is 0 Å². The van der Waals surface area contributed by atoms with E-state index in [1.54, 1.807) is 20.3 Å². The molecule has 2 rings (SSSR count). The summed E-state index contributed by atoms with van der Waals surface area (Å²) in [5.74, 6) is 1.21. The first-order valence-corrected chi connectivity index (χ1v) is 13.2. The maximum Gasteiger partial charge on any atom is 0.192 e. The third-order valence-corrected chi connectivity index (χ3v) is 11.1. The number of benzene rings is 1. The molecule has 4 nitrogen and oxygen atoms in total. The monoisotopic (exact) mass is 426 g/mol. The largest absolute Gasteiger partial charge is 0.493 e. The minimum Gasteiger partial charge on any atom is -0.493 e. The fourth-order valence-corrected chi connectivity index (χ4v) is 5.27. The van der Waals surface area contributed by atoms with Gasteiger partial charge in [-0.2, -0.15) is 0 Å².